The first-order chi connectivity index (χ1) is 6.30. The molecule has 1 heterocycles. The molecular formula is C9H18FO3P. The largest absolute Gasteiger partial charge is 0.513 e. The van der Waals surface area contributed by atoms with E-state index in [1.54, 1.807) is 0 Å². The lowest BCUT2D eigenvalue weighted by Gasteiger charge is -2.43. The monoisotopic (exact) mass is 224 g/mol. The van der Waals surface area contributed by atoms with E-state index in [1.165, 1.54) is 0 Å². The topological polar surface area (TPSA) is 35.5 Å². The van der Waals surface area contributed by atoms with Crippen LogP contribution in [0.25, 0.3) is 0 Å². The van der Waals surface area contributed by atoms with Gasteiger partial charge >= 0.3 is 7.91 Å². The second-order valence-electron chi connectivity index (χ2n) is 4.52. The first-order valence-corrected chi connectivity index (χ1v) is 6.32. The van der Waals surface area contributed by atoms with Crippen molar-refractivity contribution in [2.75, 3.05) is 13.2 Å². The van der Waals surface area contributed by atoms with Gasteiger partial charge in [0.05, 0.1) is 13.2 Å². The van der Waals surface area contributed by atoms with Gasteiger partial charge in [0.1, 0.15) is 0 Å². The van der Waals surface area contributed by atoms with Crippen molar-refractivity contribution in [3.05, 3.63) is 0 Å². The summed E-state index contributed by atoms with van der Waals surface area (Å²) in [6.07, 6.45) is 0. The molecule has 0 N–H and O–H groups in total. The highest BCUT2D eigenvalue weighted by Crippen LogP contribution is 2.57. The van der Waals surface area contributed by atoms with E-state index in [0.29, 0.717) is 11.8 Å². The van der Waals surface area contributed by atoms with E-state index >= 15 is 0 Å². The molecule has 1 rings (SSSR count). The smallest absolute Gasteiger partial charge is 0.283 e. The summed E-state index contributed by atoms with van der Waals surface area (Å²) in [6.45, 7) is 8.52. The van der Waals surface area contributed by atoms with Crippen molar-refractivity contribution >= 4 is 7.91 Å². The predicted octanol–water partition coefficient (Wildman–Crippen LogP) is 3.41. The quantitative estimate of drug-likeness (QED) is 0.674. The molecule has 84 valence electrons. The van der Waals surface area contributed by atoms with Gasteiger partial charge in [-0.25, -0.2) is 4.57 Å². The van der Waals surface area contributed by atoms with Crippen molar-refractivity contribution in [3.63, 3.8) is 0 Å². The van der Waals surface area contributed by atoms with Crippen LogP contribution in [0, 0.1) is 17.3 Å². The third-order valence-corrected chi connectivity index (χ3v) is 4.15. The number of hydrogen-bond donors (Lipinski definition) is 0. The maximum atomic E-state index is 12.9. The molecule has 0 spiro atoms. The Morgan fingerprint density at radius 1 is 1.14 bits per heavy atom. The van der Waals surface area contributed by atoms with Crippen molar-refractivity contribution in [1.82, 2.24) is 0 Å². The molecule has 14 heavy (non-hydrogen) atoms. The zero-order valence-corrected chi connectivity index (χ0v) is 10.0. The molecule has 0 bridgehead atoms. The Kier molecular flexibility index (Phi) is 3.40. The summed E-state index contributed by atoms with van der Waals surface area (Å²) in [5, 5.41) is 0. The van der Waals surface area contributed by atoms with Gasteiger partial charge in [-0.3, -0.25) is 9.05 Å². The minimum Gasteiger partial charge on any atom is -0.283 e. The minimum absolute atomic E-state index is 0.177. The van der Waals surface area contributed by atoms with Gasteiger partial charge in [-0.1, -0.05) is 27.7 Å². The summed E-state index contributed by atoms with van der Waals surface area (Å²) >= 11 is 0. The van der Waals surface area contributed by atoms with Crippen LogP contribution in [0.15, 0.2) is 0 Å². The summed E-state index contributed by atoms with van der Waals surface area (Å²) in [5.74, 6) is 0.616. The van der Waals surface area contributed by atoms with Crippen LogP contribution < -0.4 is 0 Å². The maximum Gasteiger partial charge on any atom is 0.513 e. The summed E-state index contributed by atoms with van der Waals surface area (Å²) in [4.78, 5) is 0. The number of halogens is 1. The average Bonchev–Trinajstić information content (AvgIpc) is 2.03. The Bertz CT molecular complexity index is 230. The Hall–Kier alpha value is 0.0800. The van der Waals surface area contributed by atoms with Crippen LogP contribution in [0.1, 0.15) is 27.7 Å². The second-order valence-corrected chi connectivity index (χ2v) is 5.90. The molecule has 3 nitrogen and oxygen atoms in total. The van der Waals surface area contributed by atoms with Crippen molar-refractivity contribution in [2.24, 2.45) is 17.3 Å². The van der Waals surface area contributed by atoms with E-state index in [9.17, 15) is 8.76 Å². The molecule has 0 aromatic rings. The van der Waals surface area contributed by atoms with Crippen LogP contribution in [0.3, 0.4) is 0 Å². The van der Waals surface area contributed by atoms with Crippen molar-refractivity contribution in [1.29, 1.82) is 0 Å². The zero-order chi connectivity index (χ0) is 11.0. The molecule has 1 fully saturated rings. The van der Waals surface area contributed by atoms with Crippen LogP contribution in [0.2, 0.25) is 0 Å². The van der Waals surface area contributed by atoms with Crippen molar-refractivity contribution in [2.45, 2.75) is 27.7 Å². The first-order valence-electron chi connectivity index (χ1n) is 4.89. The zero-order valence-electron chi connectivity index (χ0n) is 9.12. The maximum absolute atomic E-state index is 12.9. The second kappa shape index (κ2) is 3.92. The third-order valence-electron chi connectivity index (χ3n) is 3.27. The van der Waals surface area contributed by atoms with Gasteiger partial charge in [-0.15, -0.1) is 4.20 Å². The normalized spacial score (nSPS) is 25.6. The van der Waals surface area contributed by atoms with E-state index < -0.39 is 7.91 Å². The molecule has 0 aromatic heterocycles. The van der Waals surface area contributed by atoms with E-state index in [0.717, 1.165) is 0 Å². The van der Waals surface area contributed by atoms with Gasteiger partial charge in [0, 0.05) is 5.41 Å². The molecule has 1 aliphatic rings. The summed E-state index contributed by atoms with van der Waals surface area (Å²) < 4.78 is 33.0. The Morgan fingerprint density at radius 3 is 1.79 bits per heavy atom. The minimum atomic E-state index is -4.25. The fourth-order valence-electron chi connectivity index (χ4n) is 1.81. The first kappa shape index (κ1) is 12.2. The SMILES string of the molecule is CC(C)C1(C(C)C)COP(=O)(F)OC1. The summed E-state index contributed by atoms with van der Waals surface area (Å²) in [6, 6.07) is 0. The molecule has 0 atom stereocenters. The van der Waals surface area contributed by atoms with Gasteiger partial charge in [0.2, 0.25) is 0 Å². The van der Waals surface area contributed by atoms with Crippen LogP contribution in [0.4, 0.5) is 4.20 Å². The van der Waals surface area contributed by atoms with Gasteiger partial charge in [0.25, 0.3) is 0 Å². The average molecular weight is 224 g/mol. The highest BCUT2D eigenvalue weighted by Gasteiger charge is 2.46. The van der Waals surface area contributed by atoms with Crippen molar-refractivity contribution in [3.8, 4) is 0 Å². The van der Waals surface area contributed by atoms with Crippen LogP contribution in [0.5, 0.6) is 0 Å². The highest BCUT2D eigenvalue weighted by molar-refractivity contribution is 7.48. The molecule has 0 unspecified atom stereocenters. The van der Waals surface area contributed by atoms with Crippen LogP contribution in [-0.2, 0) is 13.6 Å². The van der Waals surface area contributed by atoms with Gasteiger partial charge < -0.3 is 0 Å². The molecule has 0 aromatic carbocycles. The Morgan fingerprint density at radius 2 is 1.50 bits per heavy atom. The number of hydrogen-bond acceptors (Lipinski definition) is 3. The van der Waals surface area contributed by atoms with E-state index in [2.05, 4.69) is 9.05 Å². The van der Waals surface area contributed by atoms with Gasteiger partial charge in [0.15, 0.2) is 0 Å². The van der Waals surface area contributed by atoms with Crippen LogP contribution >= 0.6 is 7.91 Å². The molecule has 5 heteroatoms. The Labute approximate surface area is 84.6 Å². The van der Waals surface area contributed by atoms with Crippen LogP contribution in [-0.4, -0.2) is 13.2 Å². The van der Waals surface area contributed by atoms with E-state index in [1.807, 2.05) is 27.7 Å². The third kappa shape index (κ3) is 2.18. The van der Waals surface area contributed by atoms with E-state index in [-0.39, 0.29) is 18.6 Å². The highest BCUT2D eigenvalue weighted by atomic mass is 31.2. The molecule has 0 aliphatic carbocycles. The fraction of sp³-hybridized carbons (Fsp3) is 1.00. The molecule has 0 radical (unpaired) electrons. The molecule has 0 amide bonds. The standard InChI is InChI=1S/C9H18FO3P/c1-7(2)9(8(3)4)5-12-14(10,11)13-6-9/h7-8H,5-6H2,1-4H3. The molecule has 1 aliphatic heterocycles. The lowest BCUT2D eigenvalue weighted by molar-refractivity contribution is -0.0547. The van der Waals surface area contributed by atoms with E-state index in [4.69, 9.17) is 0 Å². The summed E-state index contributed by atoms with van der Waals surface area (Å²) in [7, 11) is -4.25. The lowest BCUT2D eigenvalue weighted by atomic mass is 9.70. The number of rotatable bonds is 2. The molecule has 0 saturated carbocycles. The Balaban J connectivity index is 2.80. The van der Waals surface area contributed by atoms with Gasteiger partial charge in [-0.05, 0) is 11.8 Å². The van der Waals surface area contributed by atoms with Crippen molar-refractivity contribution < 1.29 is 17.8 Å². The molecular weight excluding hydrogens is 206 g/mol. The predicted molar refractivity (Wildman–Crippen MR) is 52.7 cm³/mol. The summed E-state index contributed by atoms with van der Waals surface area (Å²) in [5.41, 5.74) is -0.222. The van der Waals surface area contributed by atoms with Gasteiger partial charge in [-0.2, -0.15) is 0 Å². The lowest BCUT2D eigenvalue weighted by Crippen LogP contribution is -2.44. The molecule has 1 saturated heterocycles. The fourth-order valence-corrected chi connectivity index (χ4v) is 2.67.